The number of ether oxygens (including phenoxy) is 1. The maximum absolute atomic E-state index is 13.0. The molecule has 1 amide bonds. The minimum Gasteiger partial charge on any atom is -0.496 e. The van der Waals surface area contributed by atoms with Crippen LogP contribution in [0.1, 0.15) is 24.2 Å². The molecule has 0 aliphatic carbocycles. The van der Waals surface area contributed by atoms with Crippen molar-refractivity contribution in [1.29, 1.82) is 0 Å². The topological polar surface area (TPSA) is 131 Å². The van der Waals surface area contributed by atoms with Gasteiger partial charge in [-0.25, -0.2) is 16.8 Å². The third-order valence-corrected chi connectivity index (χ3v) is 8.36. The third-order valence-electron chi connectivity index (χ3n) is 5.60. The van der Waals surface area contributed by atoms with Crippen molar-refractivity contribution >= 4 is 48.1 Å². The molecule has 0 aliphatic heterocycles. The van der Waals surface area contributed by atoms with Gasteiger partial charge in [-0.05, 0) is 67.8 Å². The first-order valence-corrected chi connectivity index (χ1v) is 14.6. The Morgan fingerprint density at radius 3 is 2.08 bits per heavy atom. The molecular formula is C27H27N3O6S2. The molecular weight excluding hydrogens is 526 g/mol. The molecule has 0 saturated carbocycles. The number of fused-ring (bicyclic) bond motifs is 1. The van der Waals surface area contributed by atoms with Crippen molar-refractivity contribution in [2.24, 2.45) is 0 Å². The smallest absolute Gasteiger partial charge is 0.261 e. The number of carbonyl (C=O) groups is 1. The molecule has 198 valence electrons. The summed E-state index contributed by atoms with van der Waals surface area (Å²) in [7, 11) is -6.64. The van der Waals surface area contributed by atoms with Crippen LogP contribution < -0.4 is 19.5 Å². The van der Waals surface area contributed by atoms with E-state index in [1.165, 1.54) is 49.6 Å². The summed E-state index contributed by atoms with van der Waals surface area (Å²) < 4.78 is 62.3. The van der Waals surface area contributed by atoms with E-state index in [-0.39, 0.29) is 32.8 Å². The molecule has 0 bridgehead atoms. The Morgan fingerprint density at radius 2 is 1.39 bits per heavy atom. The lowest BCUT2D eigenvalue weighted by Gasteiger charge is -2.14. The van der Waals surface area contributed by atoms with E-state index in [4.69, 9.17) is 4.74 Å². The van der Waals surface area contributed by atoms with Gasteiger partial charge in [0.15, 0.2) is 0 Å². The maximum atomic E-state index is 13.0. The molecule has 4 aromatic rings. The minimum atomic E-state index is -4.09. The SMILES string of the molecule is COc1ccc(S(=O)(=O)Nc2ccc(S(=O)(=O)Nc3cccc4ccccc34)cc2)cc1C(=O)NC(C)C. The first-order chi connectivity index (χ1) is 18.0. The zero-order valence-corrected chi connectivity index (χ0v) is 22.6. The molecule has 0 aromatic heterocycles. The van der Waals surface area contributed by atoms with Gasteiger partial charge in [0, 0.05) is 17.1 Å². The van der Waals surface area contributed by atoms with Crippen molar-refractivity contribution in [2.75, 3.05) is 16.6 Å². The van der Waals surface area contributed by atoms with Crippen molar-refractivity contribution in [3.05, 3.63) is 90.5 Å². The molecule has 0 aliphatic rings. The van der Waals surface area contributed by atoms with E-state index in [1.807, 2.05) is 30.3 Å². The second-order valence-corrected chi connectivity index (χ2v) is 12.1. The second kappa shape index (κ2) is 10.7. The van der Waals surface area contributed by atoms with Crippen molar-refractivity contribution < 1.29 is 26.4 Å². The number of hydrogen-bond acceptors (Lipinski definition) is 6. The van der Waals surface area contributed by atoms with E-state index in [9.17, 15) is 21.6 Å². The van der Waals surface area contributed by atoms with E-state index in [0.29, 0.717) is 5.69 Å². The molecule has 11 heteroatoms. The first-order valence-electron chi connectivity index (χ1n) is 11.6. The Morgan fingerprint density at radius 1 is 0.763 bits per heavy atom. The number of hydrogen-bond donors (Lipinski definition) is 3. The Balaban J connectivity index is 1.55. The van der Waals surface area contributed by atoms with Gasteiger partial charge in [-0.3, -0.25) is 14.2 Å². The van der Waals surface area contributed by atoms with Gasteiger partial charge in [0.1, 0.15) is 5.75 Å². The largest absolute Gasteiger partial charge is 0.496 e. The van der Waals surface area contributed by atoms with Gasteiger partial charge >= 0.3 is 0 Å². The fraction of sp³-hybridized carbons (Fsp3) is 0.148. The van der Waals surface area contributed by atoms with E-state index in [1.54, 1.807) is 26.0 Å². The predicted octanol–water partition coefficient (Wildman–Crippen LogP) is 4.59. The first kappa shape index (κ1) is 27.0. The van der Waals surface area contributed by atoms with Gasteiger partial charge in [-0.15, -0.1) is 0 Å². The molecule has 0 fully saturated rings. The summed E-state index contributed by atoms with van der Waals surface area (Å²) in [4.78, 5) is 12.3. The minimum absolute atomic E-state index is 0.0366. The lowest BCUT2D eigenvalue weighted by atomic mass is 10.1. The molecule has 4 rings (SSSR count). The molecule has 3 N–H and O–H groups in total. The fourth-order valence-corrected chi connectivity index (χ4v) is 5.97. The summed E-state index contributed by atoms with van der Waals surface area (Å²) in [5.41, 5.74) is 0.660. The summed E-state index contributed by atoms with van der Waals surface area (Å²) in [5, 5.41) is 4.36. The van der Waals surface area contributed by atoms with Gasteiger partial charge in [-0.1, -0.05) is 36.4 Å². The second-order valence-electron chi connectivity index (χ2n) is 8.75. The van der Waals surface area contributed by atoms with Crippen molar-refractivity contribution in [2.45, 2.75) is 29.7 Å². The van der Waals surface area contributed by atoms with E-state index in [2.05, 4.69) is 14.8 Å². The summed E-state index contributed by atoms with van der Waals surface area (Å²) in [5.74, 6) is -0.238. The lowest BCUT2D eigenvalue weighted by molar-refractivity contribution is 0.0940. The van der Waals surface area contributed by atoms with Crippen LogP contribution >= 0.6 is 0 Å². The highest BCUT2D eigenvalue weighted by molar-refractivity contribution is 7.93. The van der Waals surface area contributed by atoms with E-state index in [0.717, 1.165) is 10.8 Å². The van der Waals surface area contributed by atoms with Gasteiger partial charge in [-0.2, -0.15) is 0 Å². The number of benzene rings is 4. The summed E-state index contributed by atoms with van der Waals surface area (Å²) in [6.07, 6.45) is 0. The highest BCUT2D eigenvalue weighted by atomic mass is 32.2. The van der Waals surface area contributed by atoms with E-state index >= 15 is 0 Å². The molecule has 0 saturated heterocycles. The van der Waals surface area contributed by atoms with Crippen LogP contribution in [-0.2, 0) is 20.0 Å². The van der Waals surface area contributed by atoms with Crippen LogP contribution in [0.2, 0.25) is 0 Å². The van der Waals surface area contributed by atoms with Crippen molar-refractivity contribution in [3.8, 4) is 5.75 Å². The molecule has 0 atom stereocenters. The summed E-state index contributed by atoms with van der Waals surface area (Å²) in [6, 6.07) is 21.8. The zero-order chi connectivity index (χ0) is 27.5. The lowest BCUT2D eigenvalue weighted by Crippen LogP contribution is -2.30. The van der Waals surface area contributed by atoms with Crippen LogP contribution in [0.25, 0.3) is 10.8 Å². The van der Waals surface area contributed by atoms with Gasteiger partial charge in [0.05, 0.1) is 28.2 Å². The van der Waals surface area contributed by atoms with Gasteiger partial charge in [0.2, 0.25) is 0 Å². The van der Waals surface area contributed by atoms with Crippen LogP contribution in [0, 0.1) is 0 Å². The van der Waals surface area contributed by atoms with Crippen LogP contribution in [0.15, 0.2) is 94.7 Å². The Labute approximate surface area is 221 Å². The quantitative estimate of drug-likeness (QED) is 0.278. The number of rotatable bonds is 9. The van der Waals surface area contributed by atoms with Crippen LogP contribution in [-0.4, -0.2) is 35.9 Å². The highest BCUT2D eigenvalue weighted by Crippen LogP contribution is 2.27. The highest BCUT2D eigenvalue weighted by Gasteiger charge is 2.21. The average molecular weight is 554 g/mol. The molecule has 4 aromatic carbocycles. The predicted molar refractivity (Wildman–Crippen MR) is 148 cm³/mol. The number of nitrogens with one attached hydrogen (secondary N) is 3. The number of methoxy groups -OCH3 is 1. The maximum Gasteiger partial charge on any atom is 0.261 e. The summed E-state index contributed by atoms with van der Waals surface area (Å²) in [6.45, 7) is 3.57. The molecule has 9 nitrogen and oxygen atoms in total. The zero-order valence-electron chi connectivity index (χ0n) is 20.9. The van der Waals surface area contributed by atoms with Crippen LogP contribution in [0.3, 0.4) is 0 Å². The van der Waals surface area contributed by atoms with E-state index < -0.39 is 26.0 Å². The number of anilines is 2. The number of carbonyl (C=O) groups excluding carboxylic acids is 1. The number of sulfonamides is 2. The molecule has 0 unspecified atom stereocenters. The summed E-state index contributed by atoms with van der Waals surface area (Å²) >= 11 is 0. The van der Waals surface area contributed by atoms with Crippen molar-refractivity contribution in [3.63, 3.8) is 0 Å². The molecule has 0 spiro atoms. The molecule has 38 heavy (non-hydrogen) atoms. The molecule has 0 radical (unpaired) electrons. The van der Waals surface area contributed by atoms with Gasteiger partial charge < -0.3 is 10.1 Å². The Hall–Kier alpha value is -4.09. The Bertz CT molecular complexity index is 1700. The standard InChI is InChI=1S/C27H27N3O6S2/c1-18(2)28-27(31)24-17-22(15-16-26(24)36-3)38(34,35)29-20-11-13-21(14-12-20)37(32,33)30-25-10-6-8-19-7-4-5-9-23(19)25/h4-18,29-30H,1-3H3,(H,28,31). The van der Waals surface area contributed by atoms with Crippen LogP contribution in [0.4, 0.5) is 11.4 Å². The van der Waals surface area contributed by atoms with Crippen LogP contribution in [0.5, 0.6) is 5.75 Å². The fourth-order valence-electron chi connectivity index (χ4n) is 3.81. The van der Waals surface area contributed by atoms with Gasteiger partial charge in [0.25, 0.3) is 26.0 Å². The number of amides is 1. The average Bonchev–Trinajstić information content (AvgIpc) is 2.88. The van der Waals surface area contributed by atoms with Crippen molar-refractivity contribution in [1.82, 2.24) is 5.32 Å². The Kier molecular flexibility index (Phi) is 7.61. The molecule has 0 heterocycles. The third kappa shape index (κ3) is 5.90. The monoisotopic (exact) mass is 553 g/mol. The normalized spacial score (nSPS) is 11.8.